The highest BCUT2D eigenvalue weighted by Gasteiger charge is 2.26. The Bertz CT molecular complexity index is 1300. The van der Waals surface area contributed by atoms with E-state index < -0.39 is 10.0 Å². The van der Waals surface area contributed by atoms with Gasteiger partial charge in [-0.25, -0.2) is 8.42 Å². The molecule has 31 heavy (non-hydrogen) atoms. The summed E-state index contributed by atoms with van der Waals surface area (Å²) >= 11 is 1.49. The lowest BCUT2D eigenvalue weighted by Crippen LogP contribution is -2.35. The standard InChI is InChI=1S/C23H27N3O3S2/c1-4-26-20-14-16(2)17(3)15-21(20)30-23(26)24-22(27)18-8-10-19(11-9-18)31(28,29)25-12-6-5-7-13-25/h8-11,14-15H,4-7,12-13H2,1-3H3. The molecule has 1 aliphatic heterocycles. The zero-order valence-electron chi connectivity index (χ0n) is 18.1. The van der Waals surface area contributed by atoms with Crippen LogP contribution in [0.4, 0.5) is 0 Å². The van der Waals surface area contributed by atoms with E-state index in [0.29, 0.717) is 30.0 Å². The Morgan fingerprint density at radius 2 is 1.68 bits per heavy atom. The molecule has 0 unspecified atom stereocenters. The van der Waals surface area contributed by atoms with Crippen molar-refractivity contribution >= 4 is 37.5 Å². The summed E-state index contributed by atoms with van der Waals surface area (Å²) in [4.78, 5) is 18.1. The number of fused-ring (bicyclic) bond motifs is 1. The van der Waals surface area contributed by atoms with Crippen LogP contribution in [0.2, 0.25) is 0 Å². The molecule has 0 bridgehead atoms. The minimum absolute atomic E-state index is 0.224. The molecule has 2 heterocycles. The van der Waals surface area contributed by atoms with Crippen LogP contribution in [0.25, 0.3) is 10.2 Å². The molecule has 1 saturated heterocycles. The molecule has 0 spiro atoms. The molecule has 0 N–H and O–H groups in total. The fourth-order valence-corrected chi connectivity index (χ4v) is 6.58. The fourth-order valence-electron chi connectivity index (χ4n) is 3.89. The topological polar surface area (TPSA) is 71.7 Å². The first-order chi connectivity index (χ1) is 14.8. The summed E-state index contributed by atoms with van der Waals surface area (Å²) in [5, 5.41) is 0. The number of aromatic nitrogens is 1. The number of sulfonamides is 1. The zero-order valence-corrected chi connectivity index (χ0v) is 19.7. The Morgan fingerprint density at radius 3 is 2.32 bits per heavy atom. The second-order valence-corrected chi connectivity index (χ2v) is 10.9. The van der Waals surface area contributed by atoms with Crippen molar-refractivity contribution in [3.05, 3.63) is 57.9 Å². The molecule has 0 aliphatic carbocycles. The number of nitrogens with zero attached hydrogens (tertiary/aromatic N) is 3. The molecule has 0 radical (unpaired) electrons. The Morgan fingerprint density at radius 1 is 1.03 bits per heavy atom. The van der Waals surface area contributed by atoms with Crippen molar-refractivity contribution in [1.29, 1.82) is 0 Å². The van der Waals surface area contributed by atoms with E-state index in [9.17, 15) is 13.2 Å². The largest absolute Gasteiger partial charge is 0.317 e. The number of hydrogen-bond donors (Lipinski definition) is 0. The van der Waals surface area contributed by atoms with Crippen molar-refractivity contribution in [2.45, 2.75) is 51.5 Å². The van der Waals surface area contributed by atoms with Crippen LogP contribution in [0.15, 0.2) is 46.3 Å². The number of carbonyl (C=O) groups is 1. The molecular formula is C23H27N3O3S2. The molecule has 1 aliphatic rings. The minimum Gasteiger partial charge on any atom is -0.317 e. The molecule has 4 rings (SSSR count). The van der Waals surface area contributed by atoms with Crippen LogP contribution in [0.3, 0.4) is 0 Å². The van der Waals surface area contributed by atoms with Gasteiger partial charge in [0.05, 0.1) is 15.1 Å². The number of hydrogen-bond acceptors (Lipinski definition) is 4. The fraction of sp³-hybridized carbons (Fsp3) is 0.391. The molecule has 3 aromatic rings. The maximum Gasteiger partial charge on any atom is 0.279 e. The van der Waals surface area contributed by atoms with Crippen molar-refractivity contribution in [2.24, 2.45) is 4.99 Å². The first-order valence-electron chi connectivity index (χ1n) is 10.6. The Balaban J connectivity index is 1.65. The molecule has 1 amide bonds. The van der Waals surface area contributed by atoms with Gasteiger partial charge in [0.1, 0.15) is 0 Å². The van der Waals surface area contributed by atoms with Crippen molar-refractivity contribution in [2.75, 3.05) is 13.1 Å². The summed E-state index contributed by atoms with van der Waals surface area (Å²) < 4.78 is 30.3. The van der Waals surface area contributed by atoms with Gasteiger partial charge in [0.25, 0.3) is 5.91 Å². The molecule has 0 atom stereocenters. The zero-order chi connectivity index (χ0) is 22.2. The second-order valence-electron chi connectivity index (χ2n) is 7.94. The smallest absolute Gasteiger partial charge is 0.279 e. The van der Waals surface area contributed by atoms with Crippen molar-refractivity contribution in [3.8, 4) is 0 Å². The van der Waals surface area contributed by atoms with E-state index in [1.165, 1.54) is 38.9 Å². The van der Waals surface area contributed by atoms with Gasteiger partial charge in [-0.15, -0.1) is 0 Å². The van der Waals surface area contributed by atoms with Crippen LogP contribution < -0.4 is 4.80 Å². The van der Waals surface area contributed by atoms with Gasteiger partial charge in [-0.2, -0.15) is 9.30 Å². The summed E-state index contributed by atoms with van der Waals surface area (Å²) in [6.07, 6.45) is 2.84. The van der Waals surface area contributed by atoms with E-state index in [2.05, 4.69) is 31.0 Å². The second kappa shape index (κ2) is 8.68. The molecule has 1 fully saturated rings. The third kappa shape index (κ3) is 4.24. The monoisotopic (exact) mass is 457 g/mol. The third-order valence-electron chi connectivity index (χ3n) is 5.87. The van der Waals surface area contributed by atoms with Crippen LogP contribution >= 0.6 is 11.3 Å². The molecular weight excluding hydrogens is 430 g/mol. The quantitative estimate of drug-likeness (QED) is 0.588. The van der Waals surface area contributed by atoms with Crippen molar-refractivity contribution in [1.82, 2.24) is 8.87 Å². The summed E-state index contributed by atoms with van der Waals surface area (Å²) in [5.41, 5.74) is 3.87. The molecule has 0 saturated carbocycles. The number of piperidine rings is 1. The Hall–Kier alpha value is -2.29. The van der Waals surface area contributed by atoms with Gasteiger partial charge >= 0.3 is 0 Å². The maximum atomic E-state index is 12.8. The Kier molecular flexibility index (Phi) is 6.14. The number of thiazole rings is 1. The van der Waals surface area contributed by atoms with Gasteiger partial charge in [0.2, 0.25) is 10.0 Å². The third-order valence-corrected chi connectivity index (χ3v) is 8.82. The predicted molar refractivity (Wildman–Crippen MR) is 124 cm³/mol. The van der Waals surface area contributed by atoms with E-state index in [1.54, 1.807) is 12.1 Å². The van der Waals surface area contributed by atoms with Gasteiger partial charge in [-0.3, -0.25) is 4.79 Å². The molecule has 2 aromatic carbocycles. The van der Waals surface area contributed by atoms with Crippen LogP contribution in [0.1, 0.15) is 47.7 Å². The first-order valence-corrected chi connectivity index (χ1v) is 12.9. The Labute approximate surface area is 186 Å². The maximum absolute atomic E-state index is 12.8. The number of aryl methyl sites for hydroxylation is 3. The van der Waals surface area contributed by atoms with Crippen LogP contribution in [0, 0.1) is 13.8 Å². The SMILES string of the molecule is CCn1c(=NC(=O)c2ccc(S(=O)(=O)N3CCCCC3)cc2)sc2cc(C)c(C)cc21. The van der Waals surface area contributed by atoms with E-state index in [1.807, 2.05) is 11.5 Å². The highest BCUT2D eigenvalue weighted by molar-refractivity contribution is 7.89. The first kappa shape index (κ1) is 21.9. The van der Waals surface area contributed by atoms with Crippen molar-refractivity contribution < 1.29 is 13.2 Å². The number of benzene rings is 2. The average Bonchev–Trinajstić information content (AvgIpc) is 3.10. The lowest BCUT2D eigenvalue weighted by atomic mass is 10.1. The van der Waals surface area contributed by atoms with E-state index in [4.69, 9.17) is 0 Å². The van der Waals surface area contributed by atoms with Gasteiger partial charge in [0.15, 0.2) is 4.80 Å². The van der Waals surface area contributed by atoms with E-state index in [0.717, 1.165) is 29.5 Å². The minimum atomic E-state index is -3.51. The van der Waals surface area contributed by atoms with E-state index >= 15 is 0 Å². The molecule has 1 aromatic heterocycles. The summed E-state index contributed by atoms with van der Waals surface area (Å²) in [7, 11) is -3.51. The van der Waals surface area contributed by atoms with E-state index in [-0.39, 0.29) is 10.8 Å². The normalized spacial score (nSPS) is 16.2. The lowest BCUT2D eigenvalue weighted by molar-refractivity contribution is 0.0997. The van der Waals surface area contributed by atoms with Gasteiger partial charge in [-0.1, -0.05) is 17.8 Å². The average molecular weight is 458 g/mol. The lowest BCUT2D eigenvalue weighted by Gasteiger charge is -2.25. The molecule has 6 nitrogen and oxygen atoms in total. The van der Waals surface area contributed by atoms with Gasteiger partial charge in [0, 0.05) is 25.2 Å². The highest BCUT2D eigenvalue weighted by atomic mass is 32.2. The number of amides is 1. The summed E-state index contributed by atoms with van der Waals surface area (Å²) in [5.74, 6) is -0.371. The van der Waals surface area contributed by atoms with Crippen LogP contribution in [-0.2, 0) is 16.6 Å². The molecule has 8 heteroatoms. The summed E-state index contributed by atoms with van der Waals surface area (Å²) in [6.45, 7) is 8.01. The van der Waals surface area contributed by atoms with Crippen molar-refractivity contribution in [3.63, 3.8) is 0 Å². The summed E-state index contributed by atoms with van der Waals surface area (Å²) in [6, 6.07) is 10.4. The van der Waals surface area contributed by atoms with Gasteiger partial charge in [-0.05, 0) is 81.1 Å². The van der Waals surface area contributed by atoms with Crippen LogP contribution in [-0.4, -0.2) is 36.3 Å². The molecule has 164 valence electrons. The predicted octanol–water partition coefficient (Wildman–Crippen LogP) is 4.26. The van der Waals surface area contributed by atoms with Crippen LogP contribution in [0.5, 0.6) is 0 Å². The number of carbonyl (C=O) groups excluding carboxylic acids is 1. The highest BCUT2D eigenvalue weighted by Crippen LogP contribution is 2.23. The number of rotatable bonds is 4. The van der Waals surface area contributed by atoms with Gasteiger partial charge < -0.3 is 4.57 Å².